The van der Waals surface area contributed by atoms with Crippen molar-refractivity contribution >= 4 is 34.5 Å². The fraction of sp³-hybridized carbons (Fsp3) is 0.520. The lowest BCUT2D eigenvalue weighted by Gasteiger charge is -2.24. The van der Waals surface area contributed by atoms with Crippen LogP contribution < -0.4 is 16.0 Å². The zero-order valence-corrected chi connectivity index (χ0v) is 21.2. The Morgan fingerprint density at radius 2 is 2.08 bits per heavy atom. The molecule has 198 valence electrons. The smallest absolute Gasteiger partial charge is 0.326 e. The van der Waals surface area contributed by atoms with E-state index in [1.807, 2.05) is 0 Å². The summed E-state index contributed by atoms with van der Waals surface area (Å²) >= 11 is 0. The number of aromatic nitrogens is 5. The molecule has 1 aliphatic rings. The van der Waals surface area contributed by atoms with Gasteiger partial charge in [0.05, 0.1) is 11.6 Å². The van der Waals surface area contributed by atoms with E-state index in [2.05, 4.69) is 53.1 Å². The fourth-order valence-corrected chi connectivity index (χ4v) is 4.49. The number of carbonyl (C=O) groups is 2. The van der Waals surface area contributed by atoms with Crippen molar-refractivity contribution < 1.29 is 14.7 Å². The van der Waals surface area contributed by atoms with Gasteiger partial charge in [-0.05, 0) is 56.7 Å². The summed E-state index contributed by atoms with van der Waals surface area (Å²) in [5.41, 5.74) is 2.92. The predicted molar refractivity (Wildman–Crippen MR) is 140 cm³/mol. The Morgan fingerprint density at radius 1 is 1.19 bits per heavy atom. The number of H-pyrrole nitrogens is 1. The monoisotopic (exact) mass is 509 g/mol. The van der Waals surface area contributed by atoms with Gasteiger partial charge in [0.15, 0.2) is 5.65 Å². The largest absolute Gasteiger partial charge is 0.480 e. The molecule has 5 N–H and O–H groups in total. The minimum atomic E-state index is -0.954. The SMILES string of the molecule is CC(=O)NCCN(CCCCc1ccc2c(n1)NCCC2)CC[C@H](Nc1ncnc2[nH]ncc12)C(=O)O. The fourth-order valence-electron chi connectivity index (χ4n) is 4.49. The van der Waals surface area contributed by atoms with Gasteiger partial charge in [0.25, 0.3) is 0 Å². The first kappa shape index (κ1) is 26.3. The zero-order chi connectivity index (χ0) is 26.0. The van der Waals surface area contributed by atoms with E-state index in [9.17, 15) is 14.7 Å². The van der Waals surface area contributed by atoms with E-state index in [4.69, 9.17) is 4.98 Å². The lowest BCUT2D eigenvalue weighted by atomic mass is 10.1. The molecule has 0 aliphatic carbocycles. The van der Waals surface area contributed by atoms with Gasteiger partial charge in [-0.1, -0.05) is 6.07 Å². The average molecular weight is 510 g/mol. The quantitative estimate of drug-likeness (QED) is 0.203. The van der Waals surface area contributed by atoms with Gasteiger partial charge in [-0.3, -0.25) is 9.89 Å². The van der Waals surface area contributed by atoms with E-state index < -0.39 is 12.0 Å². The number of nitrogens with zero attached hydrogens (tertiary/aromatic N) is 5. The molecule has 0 saturated heterocycles. The number of hydrogen-bond acceptors (Lipinski definition) is 9. The Morgan fingerprint density at radius 3 is 2.92 bits per heavy atom. The van der Waals surface area contributed by atoms with Gasteiger partial charge < -0.3 is 26.0 Å². The molecule has 0 radical (unpaired) electrons. The number of anilines is 2. The van der Waals surface area contributed by atoms with Crippen LogP contribution in [0.1, 0.15) is 43.9 Å². The number of aliphatic carboxylic acids is 1. The number of carbonyl (C=O) groups excluding carboxylic acids is 1. The van der Waals surface area contributed by atoms with Gasteiger partial charge in [-0.15, -0.1) is 0 Å². The summed E-state index contributed by atoms with van der Waals surface area (Å²) in [6.45, 7) is 4.99. The molecule has 3 aromatic rings. The van der Waals surface area contributed by atoms with Crippen LogP contribution in [0, 0.1) is 0 Å². The number of aromatic amines is 1. The lowest BCUT2D eigenvalue weighted by molar-refractivity contribution is -0.138. The molecule has 4 heterocycles. The van der Waals surface area contributed by atoms with Gasteiger partial charge in [-0.2, -0.15) is 5.10 Å². The summed E-state index contributed by atoms with van der Waals surface area (Å²) in [4.78, 5) is 38.6. The van der Waals surface area contributed by atoms with Crippen molar-refractivity contribution in [3.8, 4) is 0 Å². The third kappa shape index (κ3) is 7.59. The van der Waals surface area contributed by atoms with Crippen LogP contribution in [0.25, 0.3) is 11.0 Å². The van der Waals surface area contributed by atoms with E-state index in [-0.39, 0.29) is 5.91 Å². The van der Waals surface area contributed by atoms with Gasteiger partial charge in [0.2, 0.25) is 5.91 Å². The van der Waals surface area contributed by atoms with Crippen molar-refractivity contribution in [1.82, 2.24) is 35.4 Å². The number of aryl methyl sites for hydroxylation is 2. The van der Waals surface area contributed by atoms with E-state index in [0.29, 0.717) is 42.9 Å². The molecule has 1 aliphatic heterocycles. The minimum absolute atomic E-state index is 0.0787. The summed E-state index contributed by atoms with van der Waals surface area (Å²) in [7, 11) is 0. The van der Waals surface area contributed by atoms with Crippen LogP contribution in [-0.4, -0.2) is 85.8 Å². The summed E-state index contributed by atoms with van der Waals surface area (Å²) in [6, 6.07) is 3.47. The van der Waals surface area contributed by atoms with Crippen molar-refractivity contribution in [2.45, 2.75) is 51.5 Å². The van der Waals surface area contributed by atoms with Crippen LogP contribution >= 0.6 is 0 Å². The van der Waals surface area contributed by atoms with E-state index >= 15 is 0 Å². The zero-order valence-electron chi connectivity index (χ0n) is 21.2. The van der Waals surface area contributed by atoms with Gasteiger partial charge in [-0.25, -0.2) is 19.7 Å². The normalized spacial score (nSPS) is 13.7. The molecule has 0 bridgehead atoms. The van der Waals surface area contributed by atoms with E-state index in [1.54, 1.807) is 6.20 Å². The number of hydrogen-bond donors (Lipinski definition) is 5. The molecule has 1 atom stereocenters. The van der Waals surface area contributed by atoms with Crippen molar-refractivity contribution in [2.24, 2.45) is 0 Å². The van der Waals surface area contributed by atoms with E-state index in [1.165, 1.54) is 18.8 Å². The van der Waals surface area contributed by atoms with Crippen LogP contribution in [-0.2, 0) is 22.4 Å². The third-order valence-corrected chi connectivity index (χ3v) is 6.50. The average Bonchev–Trinajstić information content (AvgIpc) is 3.38. The van der Waals surface area contributed by atoms with Crippen LogP contribution in [0.2, 0.25) is 0 Å². The Bertz CT molecular complexity index is 1200. The highest BCUT2D eigenvalue weighted by atomic mass is 16.4. The molecule has 12 heteroatoms. The molecular formula is C25H35N9O3. The Balaban J connectivity index is 1.30. The molecule has 4 rings (SSSR count). The molecule has 3 aromatic heterocycles. The number of fused-ring (bicyclic) bond motifs is 2. The standard InChI is InChI=1S/C25H35N9O3/c1-17(35)26-11-14-34(12-3-2-6-19-8-7-18-5-4-10-27-22(18)31-19)13-9-21(25(36)37)32-23-20-15-30-33-24(20)29-16-28-23/h7-8,15-16,21H,2-6,9-14H2,1H3,(H,26,35)(H,27,31)(H,36,37)(H2,28,29,30,32,33)/t21-/m0/s1. The number of amides is 1. The maximum absolute atomic E-state index is 12.0. The Hall–Kier alpha value is -3.80. The molecule has 0 unspecified atom stereocenters. The first-order chi connectivity index (χ1) is 18.0. The second-order valence-corrected chi connectivity index (χ2v) is 9.30. The number of unbranched alkanes of at least 4 members (excludes halogenated alkanes) is 1. The highest BCUT2D eigenvalue weighted by molar-refractivity contribution is 5.88. The van der Waals surface area contributed by atoms with Gasteiger partial charge >= 0.3 is 5.97 Å². The van der Waals surface area contributed by atoms with Crippen LogP contribution in [0.4, 0.5) is 11.6 Å². The maximum atomic E-state index is 12.0. The van der Waals surface area contributed by atoms with Crippen LogP contribution in [0.3, 0.4) is 0 Å². The number of carboxylic acids is 1. The molecule has 0 saturated carbocycles. The highest BCUT2D eigenvalue weighted by Gasteiger charge is 2.21. The van der Waals surface area contributed by atoms with Crippen LogP contribution in [0.15, 0.2) is 24.7 Å². The molecule has 0 fully saturated rings. The molecule has 1 amide bonds. The van der Waals surface area contributed by atoms with Crippen molar-refractivity contribution in [2.75, 3.05) is 43.4 Å². The number of nitrogens with one attached hydrogen (secondary N) is 4. The molecule has 0 spiro atoms. The number of carboxylic acid groups (broad SMARTS) is 1. The summed E-state index contributed by atoms with van der Waals surface area (Å²) in [5, 5.41) is 26.4. The molecule has 37 heavy (non-hydrogen) atoms. The summed E-state index contributed by atoms with van der Waals surface area (Å²) in [6.07, 6.45) is 8.35. The topological polar surface area (TPSA) is 161 Å². The minimum Gasteiger partial charge on any atom is -0.480 e. The maximum Gasteiger partial charge on any atom is 0.326 e. The lowest BCUT2D eigenvalue weighted by Crippen LogP contribution is -2.39. The second-order valence-electron chi connectivity index (χ2n) is 9.30. The van der Waals surface area contributed by atoms with Gasteiger partial charge in [0.1, 0.15) is 24.0 Å². The number of pyridine rings is 1. The Labute approximate surface area is 215 Å². The first-order valence-electron chi connectivity index (χ1n) is 12.8. The second kappa shape index (κ2) is 12.9. The van der Waals surface area contributed by atoms with E-state index in [0.717, 1.165) is 56.7 Å². The van der Waals surface area contributed by atoms with Crippen molar-refractivity contribution in [3.63, 3.8) is 0 Å². The first-order valence-corrected chi connectivity index (χ1v) is 12.8. The molecule has 12 nitrogen and oxygen atoms in total. The summed E-state index contributed by atoms with van der Waals surface area (Å²) in [5.74, 6) is 0.418. The highest BCUT2D eigenvalue weighted by Crippen LogP contribution is 2.21. The Kier molecular flexibility index (Phi) is 9.19. The summed E-state index contributed by atoms with van der Waals surface area (Å²) < 4.78 is 0. The molecular weight excluding hydrogens is 474 g/mol. The van der Waals surface area contributed by atoms with Gasteiger partial charge in [0, 0.05) is 38.8 Å². The van der Waals surface area contributed by atoms with Crippen LogP contribution in [0.5, 0.6) is 0 Å². The third-order valence-electron chi connectivity index (χ3n) is 6.50. The van der Waals surface area contributed by atoms with Crippen molar-refractivity contribution in [3.05, 3.63) is 35.9 Å². The number of rotatable bonds is 14. The molecule has 0 aromatic carbocycles. The van der Waals surface area contributed by atoms with Crippen molar-refractivity contribution in [1.29, 1.82) is 0 Å². The predicted octanol–water partition coefficient (Wildman–Crippen LogP) is 1.82.